The van der Waals surface area contributed by atoms with Gasteiger partial charge in [0.1, 0.15) is 12.2 Å². The van der Waals surface area contributed by atoms with Gasteiger partial charge in [-0.1, -0.05) is 0 Å². The maximum Gasteiger partial charge on any atom is 0.152 e. The van der Waals surface area contributed by atoms with Gasteiger partial charge in [0.15, 0.2) is 5.82 Å². The summed E-state index contributed by atoms with van der Waals surface area (Å²) in [5, 5.41) is 8.31. The highest BCUT2D eigenvalue weighted by Crippen LogP contribution is 2.21. The Hall–Kier alpha value is -2.67. The zero-order valence-corrected chi connectivity index (χ0v) is 15.0. The van der Waals surface area contributed by atoms with Crippen molar-refractivity contribution in [2.75, 3.05) is 32.7 Å². The minimum absolute atomic E-state index is 0.637. The van der Waals surface area contributed by atoms with Crippen molar-refractivity contribution in [3.63, 3.8) is 0 Å². The first-order valence-electron chi connectivity index (χ1n) is 8.33. The number of nitrogens with zero attached hydrogens (tertiary/aromatic N) is 6. The van der Waals surface area contributed by atoms with Crippen LogP contribution in [-0.4, -0.2) is 52.1 Å². The summed E-state index contributed by atoms with van der Waals surface area (Å²) in [6, 6.07) is 8.39. The number of hydrogen-bond donors (Lipinski definition) is 0. The van der Waals surface area contributed by atoms with E-state index >= 15 is 0 Å². The topological polar surface area (TPSA) is 61.0 Å². The summed E-state index contributed by atoms with van der Waals surface area (Å²) in [6.45, 7) is 2.21. The van der Waals surface area contributed by atoms with Gasteiger partial charge in [-0.15, -0.1) is 10.2 Å². The minimum atomic E-state index is 0.637. The van der Waals surface area contributed by atoms with Crippen molar-refractivity contribution in [3.05, 3.63) is 48.8 Å². The number of hydrogen-bond acceptors (Lipinski definition) is 5. The number of rotatable bonds is 8. The molecule has 3 rings (SSSR count). The maximum atomic E-state index is 5.12. The van der Waals surface area contributed by atoms with Crippen LogP contribution in [-0.2, 0) is 17.8 Å². The number of anilines is 1. The van der Waals surface area contributed by atoms with Crippen molar-refractivity contribution in [1.29, 1.82) is 0 Å². The smallest absolute Gasteiger partial charge is 0.152 e. The standard InChI is InChI=1S/C18H24N6O/c1-22(2)16-7-5-15(6-8-16)18-19-9-11-23(18)13-17-21-20-14-24(17)10-4-12-25-3/h5-9,11,14H,4,10,12-13H2,1-3H3. The molecule has 0 aliphatic carbocycles. The number of methoxy groups -OCH3 is 1. The summed E-state index contributed by atoms with van der Waals surface area (Å²) < 4.78 is 9.28. The summed E-state index contributed by atoms with van der Waals surface area (Å²) in [5.74, 6) is 1.84. The van der Waals surface area contributed by atoms with Gasteiger partial charge in [0.2, 0.25) is 0 Å². The fourth-order valence-corrected chi connectivity index (χ4v) is 2.73. The second kappa shape index (κ2) is 7.94. The predicted molar refractivity (Wildman–Crippen MR) is 97.6 cm³/mol. The molecule has 0 saturated carbocycles. The van der Waals surface area contributed by atoms with Crippen molar-refractivity contribution in [3.8, 4) is 11.4 Å². The molecule has 2 heterocycles. The first-order valence-corrected chi connectivity index (χ1v) is 8.33. The van der Waals surface area contributed by atoms with E-state index in [9.17, 15) is 0 Å². The van der Waals surface area contributed by atoms with Gasteiger partial charge in [-0.05, 0) is 30.7 Å². The van der Waals surface area contributed by atoms with Crippen LogP contribution < -0.4 is 4.90 Å². The summed E-state index contributed by atoms with van der Waals surface area (Å²) in [5.41, 5.74) is 2.25. The number of ether oxygens (including phenoxy) is 1. The van der Waals surface area contributed by atoms with E-state index in [-0.39, 0.29) is 0 Å². The molecule has 0 amide bonds. The first kappa shape index (κ1) is 17.2. The van der Waals surface area contributed by atoms with Gasteiger partial charge < -0.3 is 18.8 Å². The molecule has 0 aliphatic heterocycles. The van der Waals surface area contributed by atoms with Crippen LogP contribution in [0.4, 0.5) is 5.69 Å². The predicted octanol–water partition coefficient (Wildman–Crippen LogP) is 2.29. The van der Waals surface area contributed by atoms with Crippen LogP contribution >= 0.6 is 0 Å². The monoisotopic (exact) mass is 340 g/mol. The Morgan fingerprint density at radius 1 is 1.12 bits per heavy atom. The van der Waals surface area contributed by atoms with E-state index in [0.29, 0.717) is 6.54 Å². The molecule has 0 radical (unpaired) electrons. The lowest BCUT2D eigenvalue weighted by Gasteiger charge is -2.13. The van der Waals surface area contributed by atoms with Gasteiger partial charge in [0.05, 0.1) is 6.54 Å². The van der Waals surface area contributed by atoms with E-state index < -0.39 is 0 Å². The number of imidazole rings is 1. The molecule has 132 valence electrons. The van der Waals surface area contributed by atoms with E-state index in [0.717, 1.165) is 36.8 Å². The molecule has 3 aromatic rings. The van der Waals surface area contributed by atoms with Gasteiger partial charge in [-0.25, -0.2) is 4.98 Å². The van der Waals surface area contributed by atoms with Crippen molar-refractivity contribution in [1.82, 2.24) is 24.3 Å². The number of aromatic nitrogens is 5. The van der Waals surface area contributed by atoms with Gasteiger partial charge in [-0.3, -0.25) is 0 Å². The Morgan fingerprint density at radius 3 is 2.64 bits per heavy atom. The summed E-state index contributed by atoms with van der Waals surface area (Å²) >= 11 is 0. The second-order valence-corrected chi connectivity index (χ2v) is 6.11. The molecule has 25 heavy (non-hydrogen) atoms. The SMILES string of the molecule is COCCCn1cnnc1Cn1ccnc1-c1ccc(N(C)C)cc1. The van der Waals surface area contributed by atoms with Gasteiger partial charge in [0, 0.05) is 58.0 Å². The van der Waals surface area contributed by atoms with E-state index in [1.807, 2.05) is 26.5 Å². The zero-order chi connectivity index (χ0) is 17.6. The molecule has 7 nitrogen and oxygen atoms in total. The molecule has 0 spiro atoms. The Bertz CT molecular complexity index is 790. The molecule has 0 unspecified atom stereocenters. The van der Waals surface area contributed by atoms with Crippen LogP contribution in [0, 0.1) is 0 Å². The fraction of sp³-hybridized carbons (Fsp3) is 0.389. The third-order valence-electron chi connectivity index (χ3n) is 4.11. The lowest BCUT2D eigenvalue weighted by molar-refractivity contribution is 0.190. The van der Waals surface area contributed by atoms with Crippen molar-refractivity contribution in [2.24, 2.45) is 0 Å². The average molecular weight is 340 g/mol. The maximum absolute atomic E-state index is 5.12. The molecule has 7 heteroatoms. The minimum Gasteiger partial charge on any atom is -0.385 e. The zero-order valence-electron chi connectivity index (χ0n) is 15.0. The van der Waals surface area contributed by atoms with Crippen LogP contribution in [0.3, 0.4) is 0 Å². The molecular formula is C18H24N6O. The highest BCUT2D eigenvalue weighted by Gasteiger charge is 2.10. The van der Waals surface area contributed by atoms with Crippen molar-refractivity contribution >= 4 is 5.69 Å². The third-order valence-corrected chi connectivity index (χ3v) is 4.11. The Labute approximate surface area is 147 Å². The summed E-state index contributed by atoms with van der Waals surface area (Å²) in [7, 11) is 5.78. The largest absolute Gasteiger partial charge is 0.385 e. The molecule has 0 fully saturated rings. The molecule has 0 bridgehead atoms. The molecule has 0 saturated heterocycles. The van der Waals surface area contributed by atoms with Crippen LogP contribution in [0.1, 0.15) is 12.2 Å². The number of benzene rings is 1. The summed E-state index contributed by atoms with van der Waals surface area (Å²) in [6.07, 6.45) is 6.50. The number of aryl methyl sites for hydroxylation is 1. The highest BCUT2D eigenvalue weighted by atomic mass is 16.5. The first-order chi connectivity index (χ1) is 12.2. The Morgan fingerprint density at radius 2 is 1.92 bits per heavy atom. The van der Waals surface area contributed by atoms with Gasteiger partial charge >= 0.3 is 0 Å². The quantitative estimate of drug-likeness (QED) is 0.589. The second-order valence-electron chi connectivity index (χ2n) is 6.11. The van der Waals surface area contributed by atoms with Crippen LogP contribution in [0.25, 0.3) is 11.4 Å². The van der Waals surface area contributed by atoms with Crippen molar-refractivity contribution < 1.29 is 4.74 Å². The molecule has 1 aromatic carbocycles. The van der Waals surface area contributed by atoms with Crippen molar-refractivity contribution in [2.45, 2.75) is 19.5 Å². The molecule has 2 aromatic heterocycles. The van der Waals surface area contributed by atoms with Crippen LogP contribution in [0.2, 0.25) is 0 Å². The Kier molecular flexibility index (Phi) is 5.45. The molecular weight excluding hydrogens is 316 g/mol. The molecule has 0 N–H and O–H groups in total. The third kappa shape index (κ3) is 4.06. The van der Waals surface area contributed by atoms with Gasteiger partial charge in [-0.2, -0.15) is 0 Å². The van der Waals surface area contributed by atoms with E-state index in [1.54, 1.807) is 13.4 Å². The van der Waals surface area contributed by atoms with E-state index in [4.69, 9.17) is 4.74 Å². The fourth-order valence-electron chi connectivity index (χ4n) is 2.73. The van der Waals surface area contributed by atoms with Crippen LogP contribution in [0.5, 0.6) is 0 Å². The lowest BCUT2D eigenvalue weighted by atomic mass is 10.2. The van der Waals surface area contributed by atoms with Crippen LogP contribution in [0.15, 0.2) is 43.0 Å². The molecule has 0 aliphatic rings. The van der Waals surface area contributed by atoms with Gasteiger partial charge in [0.25, 0.3) is 0 Å². The van der Waals surface area contributed by atoms with E-state index in [1.165, 1.54) is 5.69 Å². The Balaban J connectivity index is 1.77. The highest BCUT2D eigenvalue weighted by molar-refractivity contribution is 5.60. The molecule has 0 atom stereocenters. The summed E-state index contributed by atoms with van der Waals surface area (Å²) in [4.78, 5) is 6.60. The van der Waals surface area contributed by atoms with E-state index in [2.05, 4.69) is 53.5 Å². The average Bonchev–Trinajstić information content (AvgIpc) is 3.25. The lowest BCUT2D eigenvalue weighted by Crippen LogP contribution is -2.10. The normalized spacial score (nSPS) is 11.0.